The second-order valence-corrected chi connectivity index (χ2v) is 10.6. The number of hydrogen-bond acceptors (Lipinski definition) is 7. The fraction of sp³-hybridized carbons (Fsp3) is 0.417. The second-order valence-electron chi connectivity index (χ2n) is 9.30. The first-order valence-corrected chi connectivity index (χ1v) is 12.7. The molecule has 2 aromatic rings. The Morgan fingerprint density at radius 1 is 1.25 bits per heavy atom. The summed E-state index contributed by atoms with van der Waals surface area (Å²) in [5, 5.41) is 25.1. The number of carboxylic acids is 2. The summed E-state index contributed by atoms with van der Waals surface area (Å²) in [5.74, 6) is -5.24. The van der Waals surface area contributed by atoms with E-state index in [4.69, 9.17) is 11.6 Å². The molecule has 1 aromatic carbocycles. The molecule has 3 N–H and O–H groups in total. The number of amidine groups is 1. The molecule has 12 heteroatoms. The van der Waals surface area contributed by atoms with E-state index in [1.165, 1.54) is 11.3 Å². The number of aromatic nitrogens is 1. The molecule has 36 heavy (non-hydrogen) atoms. The largest absolute Gasteiger partial charge is 0.481 e. The zero-order chi connectivity index (χ0) is 25.6. The Bertz CT molecular complexity index is 1250. The predicted octanol–water partition coefficient (Wildman–Crippen LogP) is 4.19. The molecule has 5 rings (SSSR count). The van der Waals surface area contributed by atoms with Gasteiger partial charge in [-0.3, -0.25) is 14.7 Å². The Kier molecular flexibility index (Phi) is 6.56. The maximum atomic E-state index is 15.0. The van der Waals surface area contributed by atoms with Gasteiger partial charge in [0.15, 0.2) is 10.8 Å². The lowest BCUT2D eigenvalue weighted by molar-refractivity contribution is -0.139. The van der Waals surface area contributed by atoms with Gasteiger partial charge in [-0.2, -0.15) is 0 Å². The van der Waals surface area contributed by atoms with Crippen LogP contribution in [0.25, 0.3) is 0 Å². The Morgan fingerprint density at radius 3 is 2.67 bits per heavy atom. The number of nitrogens with one attached hydrogen (secondary N) is 1. The summed E-state index contributed by atoms with van der Waals surface area (Å²) in [6.45, 7) is -0.0717. The molecule has 0 aliphatic carbocycles. The Hall–Kier alpha value is -2.89. The van der Waals surface area contributed by atoms with E-state index in [9.17, 15) is 28.6 Å². The van der Waals surface area contributed by atoms with Gasteiger partial charge in [0.05, 0.1) is 11.6 Å². The topological polar surface area (TPSA) is 115 Å². The van der Waals surface area contributed by atoms with Crippen LogP contribution in [0.4, 0.5) is 8.78 Å². The minimum atomic E-state index is -3.00. The van der Waals surface area contributed by atoms with Crippen LogP contribution in [0.2, 0.25) is 5.02 Å². The fourth-order valence-corrected chi connectivity index (χ4v) is 6.39. The first-order chi connectivity index (χ1) is 17.1. The van der Waals surface area contributed by atoms with Crippen molar-refractivity contribution in [3.8, 4) is 0 Å². The lowest BCUT2D eigenvalue weighted by atomic mass is 9.87. The number of aliphatic imine (C=N–C) groups is 1. The van der Waals surface area contributed by atoms with Crippen molar-refractivity contribution in [2.24, 2.45) is 10.9 Å². The van der Waals surface area contributed by atoms with Crippen LogP contribution in [0.3, 0.4) is 0 Å². The molecule has 8 nitrogen and oxygen atoms in total. The number of benzene rings is 1. The summed E-state index contributed by atoms with van der Waals surface area (Å²) in [4.78, 5) is 34.3. The molecule has 2 fully saturated rings. The first-order valence-electron chi connectivity index (χ1n) is 11.4. The van der Waals surface area contributed by atoms with Crippen LogP contribution in [-0.4, -0.2) is 62.4 Å². The lowest BCUT2D eigenvalue weighted by Gasteiger charge is -2.40. The smallest absolute Gasteiger partial charge is 0.335 e. The number of rotatable bonds is 7. The van der Waals surface area contributed by atoms with Crippen LogP contribution in [0.1, 0.15) is 42.3 Å². The summed E-state index contributed by atoms with van der Waals surface area (Å²) in [7, 11) is 0. The van der Waals surface area contributed by atoms with E-state index in [-0.39, 0.29) is 43.0 Å². The van der Waals surface area contributed by atoms with Crippen molar-refractivity contribution < 1.29 is 28.6 Å². The van der Waals surface area contributed by atoms with E-state index in [0.29, 0.717) is 27.9 Å². The number of alkyl halides is 2. The molecule has 4 atom stereocenters. The number of piperidine rings is 1. The zero-order valence-corrected chi connectivity index (χ0v) is 20.5. The van der Waals surface area contributed by atoms with Gasteiger partial charge in [-0.15, -0.1) is 11.3 Å². The normalized spacial score (nSPS) is 27.5. The van der Waals surface area contributed by atoms with Gasteiger partial charge >= 0.3 is 11.9 Å². The van der Waals surface area contributed by atoms with Gasteiger partial charge in [0.25, 0.3) is 5.92 Å². The molecular weight excluding hydrogens is 514 g/mol. The number of thiazole rings is 1. The van der Waals surface area contributed by atoms with Gasteiger partial charge in [0.2, 0.25) is 0 Å². The number of carboxylic acid groups (broad SMARTS) is 2. The quantitative estimate of drug-likeness (QED) is 0.486. The summed E-state index contributed by atoms with van der Waals surface area (Å²) < 4.78 is 29.9. The monoisotopic (exact) mass is 536 g/mol. The molecular formula is C24H23ClF2N4O4S. The van der Waals surface area contributed by atoms with E-state index in [2.05, 4.69) is 15.3 Å². The number of carbonyl (C=O) groups is 2. The molecule has 0 saturated carbocycles. The highest BCUT2D eigenvalue weighted by Crippen LogP contribution is 2.49. The van der Waals surface area contributed by atoms with Crippen molar-refractivity contribution in [3.05, 3.63) is 62.7 Å². The molecule has 2 saturated heterocycles. The van der Waals surface area contributed by atoms with Crippen molar-refractivity contribution in [1.82, 2.24) is 15.2 Å². The number of hydrogen-bond donors (Lipinski definition) is 3. The minimum Gasteiger partial charge on any atom is -0.481 e. The van der Waals surface area contributed by atoms with E-state index < -0.39 is 36.0 Å². The minimum absolute atomic E-state index is 0.0346. The van der Waals surface area contributed by atoms with Gasteiger partial charge in [-0.25, -0.2) is 18.6 Å². The highest BCUT2D eigenvalue weighted by Gasteiger charge is 2.57. The summed E-state index contributed by atoms with van der Waals surface area (Å²) >= 11 is 7.73. The zero-order valence-electron chi connectivity index (χ0n) is 18.9. The summed E-state index contributed by atoms with van der Waals surface area (Å²) in [5.41, 5.74) is 0.661. The number of fused-ring (bicyclic) bond motifs is 2. The van der Waals surface area contributed by atoms with Crippen molar-refractivity contribution in [1.29, 1.82) is 0 Å². The van der Waals surface area contributed by atoms with E-state index in [1.54, 1.807) is 40.7 Å². The SMILES string of the molecule is O=C(O)C[C@@H]1C[C@H]2CC(F)(F)[C@H](C1)N2CC1=C(C(=O)O)[C@H](c2ccccc2Cl)N=C(c2nccs2)N1. The third kappa shape index (κ3) is 4.62. The van der Waals surface area contributed by atoms with Crippen molar-refractivity contribution in [2.75, 3.05) is 6.54 Å². The maximum absolute atomic E-state index is 15.0. The van der Waals surface area contributed by atoms with Crippen LogP contribution in [0, 0.1) is 5.92 Å². The fourth-order valence-electron chi connectivity index (χ4n) is 5.57. The summed E-state index contributed by atoms with van der Waals surface area (Å²) in [6.07, 6.45) is 1.40. The van der Waals surface area contributed by atoms with Crippen LogP contribution >= 0.6 is 22.9 Å². The molecule has 2 bridgehead atoms. The average molecular weight is 537 g/mol. The second kappa shape index (κ2) is 9.53. The maximum Gasteiger partial charge on any atom is 0.335 e. The van der Waals surface area contributed by atoms with Crippen molar-refractivity contribution in [2.45, 2.75) is 49.7 Å². The third-order valence-corrected chi connectivity index (χ3v) is 8.15. The number of aliphatic carboxylic acids is 2. The molecule has 0 radical (unpaired) electrons. The first kappa shape index (κ1) is 24.8. The average Bonchev–Trinajstić information content (AvgIpc) is 3.38. The summed E-state index contributed by atoms with van der Waals surface area (Å²) in [6, 6.07) is 4.09. The standard InChI is InChI=1S/C24H23ClF2N4O4S/c25-15-4-2-1-3-14(15)20-19(23(34)35)16(29-21(30-20)22-28-5-6-36-22)11-31-13-7-12(9-18(32)33)8-17(31)24(26,27)10-13/h1-6,12-13,17,20H,7-11H2,(H,29,30)(H,32,33)(H,34,35)/t12-,13+,17+,20+/m1/s1. The molecule has 0 spiro atoms. The number of nitrogens with zero attached hydrogens (tertiary/aromatic N) is 3. The van der Waals surface area contributed by atoms with Crippen LogP contribution < -0.4 is 5.32 Å². The van der Waals surface area contributed by atoms with E-state index in [0.717, 1.165) is 0 Å². The van der Waals surface area contributed by atoms with Crippen molar-refractivity contribution in [3.63, 3.8) is 0 Å². The molecule has 0 amide bonds. The van der Waals surface area contributed by atoms with Gasteiger partial charge in [-0.1, -0.05) is 29.8 Å². The molecule has 0 unspecified atom stereocenters. The lowest BCUT2D eigenvalue weighted by Crippen LogP contribution is -2.50. The van der Waals surface area contributed by atoms with E-state index in [1.807, 2.05) is 0 Å². The molecule has 190 valence electrons. The van der Waals surface area contributed by atoms with Crippen LogP contribution in [-0.2, 0) is 9.59 Å². The Labute approximate surface area is 214 Å². The van der Waals surface area contributed by atoms with E-state index >= 15 is 0 Å². The van der Waals surface area contributed by atoms with Gasteiger partial charge in [0, 0.05) is 53.3 Å². The molecule has 3 aliphatic rings. The highest BCUT2D eigenvalue weighted by atomic mass is 35.5. The molecule has 1 aromatic heterocycles. The third-order valence-electron chi connectivity index (χ3n) is 7.02. The Morgan fingerprint density at radius 2 is 2.03 bits per heavy atom. The van der Waals surface area contributed by atoms with Crippen molar-refractivity contribution >= 4 is 40.7 Å². The van der Waals surface area contributed by atoms with Gasteiger partial charge in [0.1, 0.15) is 6.04 Å². The number of halogens is 3. The highest BCUT2D eigenvalue weighted by molar-refractivity contribution is 7.11. The van der Waals surface area contributed by atoms with Crippen LogP contribution in [0.5, 0.6) is 0 Å². The molecule has 3 aliphatic heterocycles. The predicted molar refractivity (Wildman–Crippen MR) is 129 cm³/mol. The van der Waals surface area contributed by atoms with Crippen LogP contribution in [0.15, 0.2) is 52.1 Å². The van der Waals surface area contributed by atoms with Gasteiger partial charge in [-0.05, 0) is 24.8 Å². The van der Waals surface area contributed by atoms with Gasteiger partial charge < -0.3 is 15.5 Å². The molecule has 4 heterocycles. The Balaban J connectivity index is 1.54.